The molecule has 0 saturated carbocycles. The van der Waals surface area contributed by atoms with Gasteiger partial charge in [0.2, 0.25) is 0 Å². The Kier molecular flexibility index (Phi) is 6.71. The summed E-state index contributed by atoms with van der Waals surface area (Å²) in [5.74, 6) is -0.694. The summed E-state index contributed by atoms with van der Waals surface area (Å²) in [6.45, 7) is 0. The zero-order valence-electron chi connectivity index (χ0n) is 16.8. The van der Waals surface area contributed by atoms with Crippen LogP contribution >= 0.6 is 34.5 Å². The fourth-order valence-electron chi connectivity index (χ4n) is 3.05. The van der Waals surface area contributed by atoms with Crippen molar-refractivity contribution in [2.75, 3.05) is 5.32 Å². The van der Waals surface area contributed by atoms with E-state index in [4.69, 9.17) is 23.2 Å². The average molecular weight is 493 g/mol. The monoisotopic (exact) mass is 492 g/mol. The number of nitriles is 1. The molecule has 0 saturated heterocycles. The van der Waals surface area contributed by atoms with Crippen LogP contribution in [0.1, 0.15) is 5.56 Å². The normalized spacial score (nSPS) is 12.2. The minimum absolute atomic E-state index is 0.200. The molecule has 0 radical (unpaired) electrons. The van der Waals surface area contributed by atoms with E-state index in [9.17, 15) is 14.9 Å². The van der Waals surface area contributed by atoms with E-state index in [1.807, 2.05) is 18.2 Å². The summed E-state index contributed by atoms with van der Waals surface area (Å²) in [4.78, 5) is 30.4. The Balaban J connectivity index is 1.94. The van der Waals surface area contributed by atoms with Crippen LogP contribution in [0.2, 0.25) is 10.0 Å². The number of carbonyl (C=O) groups is 1. The van der Waals surface area contributed by atoms with Gasteiger partial charge in [-0.3, -0.25) is 19.1 Å². The Bertz CT molecular complexity index is 1560. The number of hydrogen-bond donors (Lipinski definition) is 1. The summed E-state index contributed by atoms with van der Waals surface area (Å²) in [6.07, 6.45) is 4.93. The van der Waals surface area contributed by atoms with Crippen molar-refractivity contribution in [1.29, 1.82) is 5.26 Å². The van der Waals surface area contributed by atoms with Crippen LogP contribution in [-0.2, 0) is 4.79 Å². The number of nitrogens with zero attached hydrogens (tertiary/aromatic N) is 3. The van der Waals surface area contributed by atoms with E-state index in [2.05, 4.69) is 10.3 Å². The molecule has 4 aromatic rings. The number of pyridine rings is 1. The van der Waals surface area contributed by atoms with Crippen molar-refractivity contribution in [3.05, 3.63) is 108 Å². The third-order valence-corrected chi connectivity index (χ3v) is 6.19. The molecule has 0 unspecified atom stereocenters. The molecule has 0 fully saturated rings. The highest BCUT2D eigenvalue weighted by Gasteiger charge is 2.18. The summed E-state index contributed by atoms with van der Waals surface area (Å²) < 4.78 is 1.91. The minimum atomic E-state index is -0.694. The zero-order valence-corrected chi connectivity index (χ0v) is 19.2. The van der Waals surface area contributed by atoms with Gasteiger partial charge >= 0.3 is 0 Å². The van der Waals surface area contributed by atoms with E-state index in [0.717, 1.165) is 16.9 Å². The number of nitrogens with one attached hydrogen (secondary N) is 1. The van der Waals surface area contributed by atoms with Crippen LogP contribution in [0.3, 0.4) is 0 Å². The van der Waals surface area contributed by atoms with E-state index in [1.165, 1.54) is 16.7 Å². The molecule has 0 aliphatic rings. The number of rotatable bonds is 4. The number of amides is 1. The lowest BCUT2D eigenvalue weighted by molar-refractivity contribution is -0.111. The quantitative estimate of drug-likeness (QED) is 0.469. The first-order chi connectivity index (χ1) is 16.0. The molecule has 4 rings (SSSR count). The van der Waals surface area contributed by atoms with E-state index in [1.54, 1.807) is 54.9 Å². The molecule has 0 spiro atoms. The molecule has 0 atom stereocenters. The lowest BCUT2D eigenvalue weighted by Gasteiger charge is -2.07. The van der Waals surface area contributed by atoms with Crippen molar-refractivity contribution in [3.63, 3.8) is 0 Å². The standard InChI is InChI=1S/C24H14Cl2N4O2S/c25-16-8-9-20(19(26)12-16)29-22(31)18(13-27)24-30(17-6-2-1-3-7-17)23(32)21(33-24)11-15-5-4-10-28-14-15/h1-12,14H,(H,29,31). The summed E-state index contributed by atoms with van der Waals surface area (Å²) in [5.41, 5.74) is 0.974. The van der Waals surface area contributed by atoms with E-state index >= 15 is 0 Å². The molecule has 2 aromatic carbocycles. The molecule has 0 aliphatic carbocycles. The Morgan fingerprint density at radius 3 is 2.58 bits per heavy atom. The minimum Gasteiger partial charge on any atom is -0.320 e. The van der Waals surface area contributed by atoms with Crippen molar-refractivity contribution >= 4 is 57.8 Å². The number of hydrogen-bond acceptors (Lipinski definition) is 5. The van der Waals surface area contributed by atoms with E-state index in [0.29, 0.717) is 20.9 Å². The molecule has 1 N–H and O–H groups in total. The maximum Gasteiger partial charge on any atom is 0.273 e. The molecule has 2 heterocycles. The zero-order chi connectivity index (χ0) is 23.4. The molecule has 1 amide bonds. The first-order valence-corrected chi connectivity index (χ1v) is 11.1. The smallest absolute Gasteiger partial charge is 0.273 e. The second kappa shape index (κ2) is 9.84. The predicted molar refractivity (Wildman–Crippen MR) is 131 cm³/mol. The highest BCUT2D eigenvalue weighted by molar-refractivity contribution is 7.07. The van der Waals surface area contributed by atoms with Gasteiger partial charge in [-0.15, -0.1) is 11.3 Å². The fraction of sp³-hybridized carbons (Fsp3) is 0. The number of benzene rings is 2. The molecule has 0 bridgehead atoms. The molecule has 2 aromatic heterocycles. The van der Waals surface area contributed by atoms with Crippen molar-refractivity contribution in [2.24, 2.45) is 0 Å². The van der Waals surface area contributed by atoms with Crippen molar-refractivity contribution in [3.8, 4) is 11.8 Å². The van der Waals surface area contributed by atoms with Gasteiger partial charge in [0.05, 0.1) is 20.9 Å². The molecule has 162 valence electrons. The van der Waals surface area contributed by atoms with Crippen molar-refractivity contribution in [1.82, 2.24) is 9.55 Å². The average Bonchev–Trinajstić information content (AvgIpc) is 3.13. The second-order valence-electron chi connectivity index (χ2n) is 6.74. The van der Waals surface area contributed by atoms with Crippen LogP contribution in [0.25, 0.3) is 17.3 Å². The van der Waals surface area contributed by atoms with Gasteiger partial charge in [0.15, 0.2) is 5.57 Å². The number of thiazole rings is 1. The molecule has 0 aliphatic heterocycles. The van der Waals surface area contributed by atoms with Gasteiger partial charge in [-0.1, -0.05) is 47.5 Å². The number of para-hydroxylation sites is 1. The topological polar surface area (TPSA) is 87.8 Å². The van der Waals surface area contributed by atoms with Crippen LogP contribution in [0.4, 0.5) is 5.69 Å². The number of aromatic nitrogens is 2. The highest BCUT2D eigenvalue weighted by atomic mass is 35.5. The van der Waals surface area contributed by atoms with Gasteiger partial charge in [-0.25, -0.2) is 0 Å². The molecule has 9 heteroatoms. The number of halogens is 2. The molecular weight excluding hydrogens is 479 g/mol. The Labute approximate surface area is 202 Å². The van der Waals surface area contributed by atoms with Gasteiger partial charge in [-0.2, -0.15) is 5.26 Å². The molecule has 33 heavy (non-hydrogen) atoms. The van der Waals surface area contributed by atoms with E-state index < -0.39 is 5.91 Å². The van der Waals surface area contributed by atoms with Crippen molar-refractivity contribution in [2.45, 2.75) is 0 Å². The molecular formula is C24H14Cl2N4O2S. The van der Waals surface area contributed by atoms with Gasteiger partial charge in [-0.05, 0) is 48.0 Å². The number of carbonyl (C=O) groups excluding carboxylic acids is 1. The second-order valence-corrected chi connectivity index (χ2v) is 8.62. The summed E-state index contributed by atoms with van der Waals surface area (Å²) in [6, 6.07) is 18.9. The van der Waals surface area contributed by atoms with Crippen LogP contribution in [0.5, 0.6) is 0 Å². The highest BCUT2D eigenvalue weighted by Crippen LogP contribution is 2.25. The van der Waals surface area contributed by atoms with Crippen LogP contribution < -0.4 is 20.1 Å². The summed E-state index contributed by atoms with van der Waals surface area (Å²) >= 11 is 13.1. The third-order valence-electron chi connectivity index (χ3n) is 4.55. The summed E-state index contributed by atoms with van der Waals surface area (Å²) in [5, 5.41) is 13.1. The van der Waals surface area contributed by atoms with Gasteiger partial charge in [0.1, 0.15) is 10.7 Å². The van der Waals surface area contributed by atoms with Gasteiger partial charge in [0, 0.05) is 17.4 Å². The summed E-state index contributed by atoms with van der Waals surface area (Å²) in [7, 11) is 0. The largest absolute Gasteiger partial charge is 0.320 e. The van der Waals surface area contributed by atoms with Crippen LogP contribution in [0, 0.1) is 11.3 Å². The predicted octanol–water partition coefficient (Wildman–Crippen LogP) is 3.74. The first kappa shape index (κ1) is 22.5. The van der Waals surface area contributed by atoms with Crippen LogP contribution in [0.15, 0.2) is 77.9 Å². The Hall–Kier alpha value is -3.70. The van der Waals surface area contributed by atoms with Gasteiger partial charge < -0.3 is 5.32 Å². The number of anilines is 1. The maximum absolute atomic E-state index is 13.3. The molecule has 6 nitrogen and oxygen atoms in total. The fourth-order valence-corrected chi connectivity index (χ4v) is 4.60. The Morgan fingerprint density at radius 1 is 1.12 bits per heavy atom. The maximum atomic E-state index is 13.3. The lowest BCUT2D eigenvalue weighted by Crippen LogP contribution is -2.32. The Morgan fingerprint density at radius 2 is 1.91 bits per heavy atom. The third kappa shape index (κ3) is 4.89. The lowest BCUT2D eigenvalue weighted by atomic mass is 10.2. The van der Waals surface area contributed by atoms with Crippen molar-refractivity contribution < 1.29 is 4.79 Å². The van der Waals surface area contributed by atoms with Crippen LogP contribution in [-0.4, -0.2) is 15.5 Å². The van der Waals surface area contributed by atoms with E-state index in [-0.39, 0.29) is 20.8 Å². The van der Waals surface area contributed by atoms with Gasteiger partial charge in [0.25, 0.3) is 11.5 Å². The SMILES string of the molecule is N#CC(C(=O)Nc1ccc(Cl)cc1Cl)=c1sc(=Cc2cccnc2)c(=O)n1-c1ccccc1. The first-order valence-electron chi connectivity index (χ1n) is 9.58.